The molecule has 0 spiro atoms. The van der Waals surface area contributed by atoms with Crippen molar-refractivity contribution in [2.45, 2.75) is 130 Å². The number of carbonyl (C=O) groups is 4. The number of nitrogens with zero attached hydrogens (tertiary/aromatic N) is 2. The highest BCUT2D eigenvalue weighted by Crippen LogP contribution is 2.15. The predicted octanol–water partition coefficient (Wildman–Crippen LogP) is 7.26. The SMILES string of the molecule is CC(CCCCC[C@H](NC(=O)OC(C)(C)C)C(=O)NCCCN(CCCN)CCOc1ccc(CCCCNCC(=O)c2ccccc2)cc1)=NC(=O)OC(C)(C)C. The van der Waals surface area contributed by atoms with Gasteiger partial charge in [-0.15, -0.1) is 0 Å². The number of nitrogens with one attached hydrogen (secondary N) is 3. The Labute approximate surface area is 347 Å². The van der Waals surface area contributed by atoms with E-state index in [-0.39, 0.29) is 11.7 Å². The van der Waals surface area contributed by atoms with Gasteiger partial charge in [0.05, 0.1) is 6.54 Å². The highest BCUT2D eigenvalue weighted by Gasteiger charge is 2.24. The quantitative estimate of drug-likeness (QED) is 0.0409. The number of nitrogens with two attached hydrogens (primary N) is 1. The van der Waals surface area contributed by atoms with Crippen molar-refractivity contribution in [2.24, 2.45) is 10.7 Å². The van der Waals surface area contributed by atoms with Crippen LogP contribution in [0, 0.1) is 0 Å². The van der Waals surface area contributed by atoms with Crippen LogP contribution in [0.4, 0.5) is 9.59 Å². The zero-order valence-corrected chi connectivity index (χ0v) is 36.3. The fraction of sp³-hybridized carbons (Fsp3) is 0.622. The zero-order chi connectivity index (χ0) is 42.8. The molecule has 0 aromatic heterocycles. The van der Waals surface area contributed by atoms with Crippen LogP contribution in [-0.2, 0) is 20.7 Å². The second-order valence-corrected chi connectivity index (χ2v) is 16.7. The van der Waals surface area contributed by atoms with E-state index in [9.17, 15) is 19.2 Å². The Hall–Kier alpha value is -4.33. The molecule has 0 aliphatic rings. The van der Waals surface area contributed by atoms with Crippen LogP contribution in [0.3, 0.4) is 0 Å². The summed E-state index contributed by atoms with van der Waals surface area (Å²) in [6.07, 6.45) is 6.69. The van der Waals surface area contributed by atoms with Crippen molar-refractivity contribution < 1.29 is 33.4 Å². The number of Topliss-reactive ketones (excluding diaryl/α,β-unsaturated/α-hetero) is 1. The topological polar surface area (TPSA) is 174 Å². The van der Waals surface area contributed by atoms with Crippen molar-refractivity contribution in [3.63, 3.8) is 0 Å². The maximum absolute atomic E-state index is 13.3. The number of carbonyl (C=O) groups excluding carboxylic acids is 4. The van der Waals surface area contributed by atoms with E-state index in [1.807, 2.05) is 42.5 Å². The van der Waals surface area contributed by atoms with Crippen molar-refractivity contribution in [3.8, 4) is 5.75 Å². The van der Waals surface area contributed by atoms with Crippen LogP contribution in [0.5, 0.6) is 5.75 Å². The van der Waals surface area contributed by atoms with Gasteiger partial charge in [0, 0.05) is 24.4 Å². The number of rotatable bonds is 27. The first-order chi connectivity index (χ1) is 27.5. The van der Waals surface area contributed by atoms with Crippen LogP contribution < -0.4 is 26.4 Å². The number of hydrogen-bond donors (Lipinski definition) is 4. The summed E-state index contributed by atoms with van der Waals surface area (Å²) in [5.41, 5.74) is 7.21. The van der Waals surface area contributed by atoms with Crippen LogP contribution in [0.25, 0.3) is 0 Å². The van der Waals surface area contributed by atoms with E-state index >= 15 is 0 Å². The van der Waals surface area contributed by atoms with Crippen molar-refractivity contribution >= 4 is 29.6 Å². The Morgan fingerprint density at radius 1 is 0.776 bits per heavy atom. The highest BCUT2D eigenvalue weighted by atomic mass is 16.6. The molecule has 0 bridgehead atoms. The van der Waals surface area contributed by atoms with Gasteiger partial charge in [0.25, 0.3) is 0 Å². The largest absolute Gasteiger partial charge is 0.492 e. The Balaban J connectivity index is 1.74. The number of aliphatic imine (C=N–C) groups is 1. The lowest BCUT2D eigenvalue weighted by Gasteiger charge is -2.24. The van der Waals surface area contributed by atoms with E-state index in [4.69, 9.17) is 19.9 Å². The van der Waals surface area contributed by atoms with Gasteiger partial charge >= 0.3 is 12.2 Å². The minimum atomic E-state index is -0.737. The van der Waals surface area contributed by atoms with E-state index in [1.54, 1.807) is 48.5 Å². The number of alkyl carbamates (subject to hydrolysis) is 1. The molecule has 0 saturated carbocycles. The van der Waals surface area contributed by atoms with Gasteiger partial charge in [0.2, 0.25) is 5.91 Å². The van der Waals surface area contributed by atoms with Gasteiger partial charge in [-0.05, 0) is 144 Å². The molecule has 0 fully saturated rings. The molecule has 0 heterocycles. The van der Waals surface area contributed by atoms with Crippen molar-refractivity contribution in [1.29, 1.82) is 0 Å². The van der Waals surface area contributed by atoms with Crippen LogP contribution in [-0.4, -0.2) is 104 Å². The molecule has 58 heavy (non-hydrogen) atoms. The molecule has 3 amide bonds. The number of unbranched alkanes of at least 4 members (excludes halogenated alkanes) is 3. The first-order valence-electron chi connectivity index (χ1n) is 21.0. The van der Waals surface area contributed by atoms with Gasteiger partial charge in [-0.2, -0.15) is 4.99 Å². The van der Waals surface area contributed by atoms with Gasteiger partial charge in [0.15, 0.2) is 5.78 Å². The first kappa shape index (κ1) is 49.8. The second kappa shape index (κ2) is 27.4. The van der Waals surface area contributed by atoms with Gasteiger partial charge in [-0.1, -0.05) is 55.3 Å². The third kappa shape index (κ3) is 24.4. The second-order valence-electron chi connectivity index (χ2n) is 16.7. The number of ketones is 1. The zero-order valence-electron chi connectivity index (χ0n) is 36.3. The summed E-state index contributed by atoms with van der Waals surface area (Å²) in [6.45, 7) is 17.6. The lowest BCUT2D eigenvalue weighted by Crippen LogP contribution is -2.48. The normalized spacial score (nSPS) is 12.5. The Morgan fingerprint density at radius 3 is 2.14 bits per heavy atom. The molecule has 2 aromatic carbocycles. The van der Waals surface area contributed by atoms with Crippen LogP contribution in [0.15, 0.2) is 59.6 Å². The van der Waals surface area contributed by atoms with E-state index < -0.39 is 29.4 Å². The Kier molecular flexibility index (Phi) is 23.5. The van der Waals surface area contributed by atoms with Gasteiger partial charge < -0.3 is 35.9 Å². The molecule has 0 unspecified atom stereocenters. The van der Waals surface area contributed by atoms with Gasteiger partial charge in [0.1, 0.15) is 29.6 Å². The van der Waals surface area contributed by atoms with Crippen molar-refractivity contribution in [2.75, 3.05) is 52.4 Å². The molecule has 0 aliphatic heterocycles. The number of hydrogen-bond acceptors (Lipinski definition) is 10. The van der Waals surface area contributed by atoms with E-state index in [0.717, 1.165) is 82.4 Å². The summed E-state index contributed by atoms with van der Waals surface area (Å²) in [4.78, 5) is 56.4. The Morgan fingerprint density at radius 2 is 1.47 bits per heavy atom. The third-order valence-electron chi connectivity index (χ3n) is 8.89. The van der Waals surface area contributed by atoms with Gasteiger partial charge in [-0.25, -0.2) is 9.59 Å². The van der Waals surface area contributed by atoms with Crippen LogP contribution in [0.2, 0.25) is 0 Å². The minimum Gasteiger partial charge on any atom is -0.492 e. The molecule has 13 nitrogen and oxygen atoms in total. The lowest BCUT2D eigenvalue weighted by molar-refractivity contribution is -0.123. The fourth-order valence-electron chi connectivity index (χ4n) is 5.96. The lowest BCUT2D eigenvalue weighted by atomic mass is 10.1. The molecule has 1 atom stereocenters. The summed E-state index contributed by atoms with van der Waals surface area (Å²) in [6, 6.07) is 16.8. The molecular weight excluding hydrogens is 737 g/mol. The predicted molar refractivity (Wildman–Crippen MR) is 232 cm³/mol. The van der Waals surface area contributed by atoms with E-state index in [0.29, 0.717) is 51.2 Å². The van der Waals surface area contributed by atoms with Crippen LogP contribution in [0.1, 0.15) is 122 Å². The summed E-state index contributed by atoms with van der Waals surface area (Å²) in [5, 5.41) is 9.02. The summed E-state index contributed by atoms with van der Waals surface area (Å²) >= 11 is 0. The molecule has 0 saturated heterocycles. The number of benzene rings is 2. The molecule has 2 aromatic rings. The molecular formula is C45H72N6O7. The minimum absolute atomic E-state index is 0.110. The standard InChI is InChI=1S/C45H72N6O7/c1-35(49-42(54)57-44(2,3)4)18-10-8-13-22-39(50-43(55)58-45(5,6)7)41(53)48-29-17-31-51(30-16-27-46)32-33-56-38-25-23-36(24-26-38)19-14-15-28-47-34-40(52)37-20-11-9-12-21-37/h9,11-12,20-21,23-26,39,47H,8,10,13-19,22,27-34,46H2,1-7H3,(H,48,53)(H,50,55)/t39-/m0/s1. The van der Waals surface area contributed by atoms with E-state index in [1.165, 1.54) is 5.56 Å². The smallest absolute Gasteiger partial charge is 0.434 e. The molecule has 0 aliphatic carbocycles. The number of ether oxygens (including phenoxy) is 3. The summed E-state index contributed by atoms with van der Waals surface area (Å²) in [7, 11) is 0. The molecule has 2 rings (SSSR count). The average molecular weight is 809 g/mol. The Bertz CT molecular complexity index is 1520. The third-order valence-corrected chi connectivity index (χ3v) is 8.89. The van der Waals surface area contributed by atoms with Crippen LogP contribution >= 0.6 is 0 Å². The van der Waals surface area contributed by atoms with Gasteiger partial charge in [-0.3, -0.25) is 14.5 Å². The fourth-order valence-corrected chi connectivity index (χ4v) is 5.96. The average Bonchev–Trinajstić information content (AvgIpc) is 3.15. The van der Waals surface area contributed by atoms with E-state index in [2.05, 4.69) is 38.0 Å². The summed E-state index contributed by atoms with van der Waals surface area (Å²) in [5.74, 6) is 0.684. The molecule has 13 heteroatoms. The molecule has 0 radical (unpaired) electrons. The maximum Gasteiger partial charge on any atom is 0.434 e. The molecule has 5 N–H and O–H groups in total. The molecule has 324 valence electrons. The maximum atomic E-state index is 13.3. The monoisotopic (exact) mass is 809 g/mol. The summed E-state index contributed by atoms with van der Waals surface area (Å²) < 4.78 is 16.8. The number of amides is 3. The van der Waals surface area contributed by atoms with Crippen molar-refractivity contribution in [1.82, 2.24) is 20.9 Å². The first-order valence-corrected chi connectivity index (χ1v) is 21.0. The number of aryl methyl sites for hydroxylation is 1. The highest BCUT2D eigenvalue weighted by molar-refractivity contribution is 5.97. The van der Waals surface area contributed by atoms with Crippen molar-refractivity contribution in [3.05, 3.63) is 65.7 Å².